The lowest BCUT2D eigenvalue weighted by atomic mass is 9.68. The van der Waals surface area contributed by atoms with E-state index >= 15 is 0 Å². The Morgan fingerprint density at radius 1 is 1.09 bits per heavy atom. The second-order valence-corrected chi connectivity index (χ2v) is 8.27. The highest BCUT2D eigenvalue weighted by molar-refractivity contribution is 5.80. The molecule has 0 bridgehead atoms. The molecule has 1 aliphatic carbocycles. The monoisotopic (exact) mass is 320 g/mol. The molecule has 2 aliphatic heterocycles. The predicted octanol–water partition coefficient (Wildman–Crippen LogP) is 2.95. The minimum Gasteiger partial charge on any atom is -0.357 e. The van der Waals surface area contributed by atoms with Crippen LogP contribution in [0, 0.1) is 11.3 Å². The SMILES string of the molecule is CCNC(=NCC(C(C)C)N1CCCC1)N1CCC2(CCC2)C1. The van der Waals surface area contributed by atoms with Gasteiger partial charge in [0.15, 0.2) is 5.96 Å². The van der Waals surface area contributed by atoms with Gasteiger partial charge < -0.3 is 10.2 Å². The summed E-state index contributed by atoms with van der Waals surface area (Å²) in [7, 11) is 0. The average Bonchev–Trinajstić information content (AvgIpc) is 3.15. The van der Waals surface area contributed by atoms with Gasteiger partial charge in [-0.05, 0) is 63.5 Å². The summed E-state index contributed by atoms with van der Waals surface area (Å²) >= 11 is 0. The van der Waals surface area contributed by atoms with E-state index in [-0.39, 0.29) is 0 Å². The first-order valence-corrected chi connectivity index (χ1v) is 9.91. The van der Waals surface area contributed by atoms with Gasteiger partial charge in [-0.2, -0.15) is 0 Å². The van der Waals surface area contributed by atoms with Crippen LogP contribution >= 0.6 is 0 Å². The molecule has 2 saturated heterocycles. The molecule has 1 unspecified atom stereocenters. The van der Waals surface area contributed by atoms with Crippen molar-refractivity contribution in [3.63, 3.8) is 0 Å². The minimum atomic E-state index is 0.603. The van der Waals surface area contributed by atoms with Gasteiger partial charge in [-0.1, -0.05) is 20.3 Å². The summed E-state index contributed by atoms with van der Waals surface area (Å²) < 4.78 is 0. The van der Waals surface area contributed by atoms with Gasteiger partial charge in [-0.15, -0.1) is 0 Å². The first-order chi connectivity index (χ1) is 11.1. The third-order valence-electron chi connectivity index (χ3n) is 6.29. The van der Waals surface area contributed by atoms with E-state index < -0.39 is 0 Å². The van der Waals surface area contributed by atoms with Gasteiger partial charge in [0.05, 0.1) is 6.54 Å². The molecule has 0 aromatic rings. The molecule has 1 N–H and O–H groups in total. The second kappa shape index (κ2) is 7.42. The number of hydrogen-bond donors (Lipinski definition) is 1. The lowest BCUT2D eigenvalue weighted by Gasteiger charge is -2.38. The molecule has 0 radical (unpaired) electrons. The van der Waals surface area contributed by atoms with Crippen molar-refractivity contribution < 1.29 is 0 Å². The first kappa shape index (κ1) is 17.1. The molecule has 3 rings (SSSR count). The van der Waals surface area contributed by atoms with Gasteiger partial charge in [0.25, 0.3) is 0 Å². The van der Waals surface area contributed by atoms with Crippen LogP contribution in [0.2, 0.25) is 0 Å². The van der Waals surface area contributed by atoms with E-state index in [1.165, 1.54) is 70.7 Å². The van der Waals surface area contributed by atoms with Crippen molar-refractivity contribution in [2.75, 3.05) is 39.3 Å². The molecule has 23 heavy (non-hydrogen) atoms. The van der Waals surface area contributed by atoms with E-state index in [0.717, 1.165) is 13.1 Å². The number of rotatable bonds is 5. The fourth-order valence-electron chi connectivity index (χ4n) is 4.63. The maximum Gasteiger partial charge on any atom is 0.193 e. The molecule has 1 atom stereocenters. The molecule has 1 saturated carbocycles. The molecule has 0 aromatic carbocycles. The quantitative estimate of drug-likeness (QED) is 0.624. The van der Waals surface area contributed by atoms with E-state index in [1.807, 2.05) is 0 Å². The largest absolute Gasteiger partial charge is 0.357 e. The third kappa shape index (κ3) is 3.84. The lowest BCUT2D eigenvalue weighted by Crippen LogP contribution is -2.44. The van der Waals surface area contributed by atoms with Crippen LogP contribution in [0.4, 0.5) is 0 Å². The molecular formula is C19H36N4. The first-order valence-electron chi connectivity index (χ1n) is 9.91. The Balaban J connectivity index is 1.63. The molecule has 0 amide bonds. The second-order valence-electron chi connectivity index (χ2n) is 8.27. The van der Waals surface area contributed by atoms with Crippen LogP contribution < -0.4 is 5.32 Å². The van der Waals surface area contributed by atoms with E-state index in [2.05, 4.69) is 35.9 Å². The van der Waals surface area contributed by atoms with Gasteiger partial charge in [0.2, 0.25) is 0 Å². The van der Waals surface area contributed by atoms with Crippen LogP contribution in [-0.4, -0.2) is 61.1 Å². The fraction of sp³-hybridized carbons (Fsp3) is 0.947. The summed E-state index contributed by atoms with van der Waals surface area (Å²) in [6.07, 6.45) is 8.41. The molecule has 1 spiro atoms. The van der Waals surface area contributed by atoms with Crippen LogP contribution in [0.25, 0.3) is 0 Å². The topological polar surface area (TPSA) is 30.9 Å². The van der Waals surface area contributed by atoms with Crippen molar-refractivity contribution in [2.24, 2.45) is 16.3 Å². The zero-order valence-corrected chi connectivity index (χ0v) is 15.5. The van der Waals surface area contributed by atoms with E-state index in [9.17, 15) is 0 Å². The average molecular weight is 321 g/mol. The summed E-state index contributed by atoms with van der Waals surface area (Å²) in [4.78, 5) is 10.3. The summed E-state index contributed by atoms with van der Waals surface area (Å²) in [6, 6.07) is 0.603. The van der Waals surface area contributed by atoms with E-state index in [1.54, 1.807) is 0 Å². The summed E-state index contributed by atoms with van der Waals surface area (Å²) in [5.74, 6) is 1.84. The van der Waals surface area contributed by atoms with Crippen LogP contribution in [0.1, 0.15) is 59.3 Å². The summed E-state index contributed by atoms with van der Waals surface area (Å²) in [5, 5.41) is 3.55. The summed E-state index contributed by atoms with van der Waals surface area (Å²) in [5.41, 5.74) is 0.641. The third-order valence-corrected chi connectivity index (χ3v) is 6.29. The maximum atomic E-state index is 5.08. The van der Waals surface area contributed by atoms with Crippen molar-refractivity contribution in [3.05, 3.63) is 0 Å². The molecular weight excluding hydrogens is 284 g/mol. The van der Waals surface area contributed by atoms with Crippen LogP contribution in [0.15, 0.2) is 4.99 Å². The number of nitrogens with zero attached hydrogens (tertiary/aromatic N) is 3. The van der Waals surface area contributed by atoms with Crippen LogP contribution in [0.5, 0.6) is 0 Å². The van der Waals surface area contributed by atoms with Gasteiger partial charge in [0.1, 0.15) is 0 Å². The standard InChI is InChI=1S/C19H36N4/c1-4-20-18(23-13-10-19(15-23)8-7-9-19)21-14-17(16(2)3)22-11-5-6-12-22/h16-17H,4-15H2,1-3H3,(H,20,21). The van der Waals surface area contributed by atoms with Crippen molar-refractivity contribution in [3.8, 4) is 0 Å². The smallest absolute Gasteiger partial charge is 0.193 e. The van der Waals surface area contributed by atoms with Gasteiger partial charge in [-0.25, -0.2) is 0 Å². The van der Waals surface area contributed by atoms with E-state index in [4.69, 9.17) is 4.99 Å². The van der Waals surface area contributed by atoms with Gasteiger partial charge in [0, 0.05) is 25.7 Å². The maximum absolute atomic E-state index is 5.08. The zero-order chi connectivity index (χ0) is 16.3. The van der Waals surface area contributed by atoms with Crippen molar-refractivity contribution in [1.29, 1.82) is 0 Å². The molecule has 2 heterocycles. The number of nitrogens with one attached hydrogen (secondary N) is 1. The Morgan fingerprint density at radius 3 is 2.35 bits per heavy atom. The highest BCUT2D eigenvalue weighted by atomic mass is 15.3. The highest BCUT2D eigenvalue weighted by Crippen LogP contribution is 2.47. The number of aliphatic imine (C=N–C) groups is 1. The molecule has 3 aliphatic rings. The van der Waals surface area contributed by atoms with Crippen molar-refractivity contribution in [1.82, 2.24) is 15.1 Å². The Hall–Kier alpha value is -0.770. The molecule has 132 valence electrons. The van der Waals surface area contributed by atoms with Gasteiger partial charge in [-0.3, -0.25) is 9.89 Å². The Morgan fingerprint density at radius 2 is 1.83 bits per heavy atom. The molecule has 4 heteroatoms. The Kier molecular flexibility index (Phi) is 5.50. The van der Waals surface area contributed by atoms with Crippen molar-refractivity contribution in [2.45, 2.75) is 65.3 Å². The fourth-order valence-corrected chi connectivity index (χ4v) is 4.63. The number of likely N-dealkylation sites (tertiary alicyclic amines) is 2. The normalized spacial score (nSPS) is 26.1. The Labute approximate surface area is 142 Å². The Bertz CT molecular complexity index is 408. The van der Waals surface area contributed by atoms with Crippen LogP contribution in [0.3, 0.4) is 0 Å². The molecule has 3 fully saturated rings. The highest BCUT2D eigenvalue weighted by Gasteiger charge is 2.43. The van der Waals surface area contributed by atoms with Crippen molar-refractivity contribution >= 4 is 5.96 Å². The number of guanidine groups is 1. The summed E-state index contributed by atoms with van der Waals surface area (Å²) in [6.45, 7) is 13.8. The minimum absolute atomic E-state index is 0.603. The zero-order valence-electron chi connectivity index (χ0n) is 15.5. The van der Waals surface area contributed by atoms with E-state index in [0.29, 0.717) is 17.4 Å². The van der Waals surface area contributed by atoms with Crippen LogP contribution in [-0.2, 0) is 0 Å². The lowest BCUT2D eigenvalue weighted by molar-refractivity contribution is 0.151. The predicted molar refractivity (Wildman–Crippen MR) is 97.9 cm³/mol. The molecule has 4 nitrogen and oxygen atoms in total. The van der Waals surface area contributed by atoms with Gasteiger partial charge >= 0.3 is 0 Å². The number of hydrogen-bond acceptors (Lipinski definition) is 2. The molecule has 0 aromatic heterocycles.